The smallest absolute Gasteiger partial charge is 0.246 e. The number of piperazine rings is 1. The summed E-state index contributed by atoms with van der Waals surface area (Å²) in [5.74, 6) is 0.798. The molecule has 1 saturated heterocycles. The van der Waals surface area contributed by atoms with Crippen LogP contribution in [0.15, 0.2) is 41.7 Å². The summed E-state index contributed by atoms with van der Waals surface area (Å²) in [7, 11) is 7.73. The lowest BCUT2D eigenvalue weighted by molar-refractivity contribution is -0.120. The SMILES string of the molecule is CN=C(NCc1ccc(CN(C)C)cc1)N1CCN(c2cnn(C)c2)C(=O)C1. The fourth-order valence-corrected chi connectivity index (χ4v) is 3.32. The summed E-state index contributed by atoms with van der Waals surface area (Å²) in [6.07, 6.45) is 3.58. The molecule has 0 unspecified atom stereocenters. The Bertz CT molecular complexity index is 825. The molecule has 1 amide bonds. The van der Waals surface area contributed by atoms with E-state index in [0.717, 1.165) is 24.7 Å². The molecule has 150 valence electrons. The largest absolute Gasteiger partial charge is 0.352 e. The summed E-state index contributed by atoms with van der Waals surface area (Å²) in [5, 5.41) is 7.53. The van der Waals surface area contributed by atoms with Crippen molar-refractivity contribution in [3.05, 3.63) is 47.8 Å². The molecule has 1 N–H and O–H groups in total. The maximum atomic E-state index is 12.6. The number of carbonyl (C=O) groups is 1. The van der Waals surface area contributed by atoms with Crippen LogP contribution < -0.4 is 10.2 Å². The number of nitrogens with zero attached hydrogens (tertiary/aromatic N) is 6. The van der Waals surface area contributed by atoms with E-state index in [4.69, 9.17) is 0 Å². The van der Waals surface area contributed by atoms with Crippen molar-refractivity contribution in [2.45, 2.75) is 13.1 Å². The van der Waals surface area contributed by atoms with E-state index < -0.39 is 0 Å². The van der Waals surface area contributed by atoms with E-state index in [1.807, 2.05) is 18.1 Å². The molecule has 1 fully saturated rings. The highest BCUT2D eigenvalue weighted by atomic mass is 16.2. The van der Waals surface area contributed by atoms with Gasteiger partial charge in [0.25, 0.3) is 0 Å². The molecule has 2 aromatic rings. The number of aromatic nitrogens is 2. The van der Waals surface area contributed by atoms with E-state index in [1.54, 1.807) is 22.8 Å². The number of guanidine groups is 1. The molecule has 0 radical (unpaired) electrons. The predicted molar refractivity (Wildman–Crippen MR) is 111 cm³/mol. The zero-order chi connectivity index (χ0) is 20.1. The van der Waals surface area contributed by atoms with E-state index in [0.29, 0.717) is 19.6 Å². The number of rotatable bonds is 5. The minimum atomic E-state index is 0.0511. The summed E-state index contributed by atoms with van der Waals surface area (Å²) in [4.78, 5) is 22.9. The van der Waals surface area contributed by atoms with Crippen molar-refractivity contribution in [3.63, 3.8) is 0 Å². The number of benzene rings is 1. The van der Waals surface area contributed by atoms with Crippen LogP contribution >= 0.6 is 0 Å². The molecule has 2 heterocycles. The summed E-state index contributed by atoms with van der Waals surface area (Å²) < 4.78 is 1.71. The molecule has 0 spiro atoms. The number of amides is 1. The third-order valence-electron chi connectivity index (χ3n) is 4.71. The molecule has 1 aromatic carbocycles. The van der Waals surface area contributed by atoms with Crippen molar-refractivity contribution in [3.8, 4) is 0 Å². The van der Waals surface area contributed by atoms with Crippen LogP contribution in [-0.2, 0) is 24.9 Å². The Balaban J connectivity index is 1.55. The van der Waals surface area contributed by atoms with E-state index in [1.165, 1.54) is 11.1 Å². The lowest BCUT2D eigenvalue weighted by atomic mass is 10.1. The second kappa shape index (κ2) is 8.88. The average molecular weight is 384 g/mol. The van der Waals surface area contributed by atoms with Gasteiger partial charge in [-0.3, -0.25) is 14.5 Å². The van der Waals surface area contributed by atoms with Gasteiger partial charge >= 0.3 is 0 Å². The third-order valence-corrected chi connectivity index (χ3v) is 4.71. The van der Waals surface area contributed by atoms with Crippen LogP contribution in [0, 0.1) is 0 Å². The summed E-state index contributed by atoms with van der Waals surface area (Å²) >= 11 is 0. The lowest BCUT2D eigenvalue weighted by Crippen LogP contribution is -2.55. The number of aryl methyl sites for hydroxylation is 1. The van der Waals surface area contributed by atoms with Crippen LogP contribution in [0.5, 0.6) is 0 Å². The first-order valence-electron chi connectivity index (χ1n) is 9.43. The first kappa shape index (κ1) is 19.9. The molecule has 1 aliphatic heterocycles. The van der Waals surface area contributed by atoms with Gasteiger partial charge < -0.3 is 20.0 Å². The quantitative estimate of drug-likeness (QED) is 0.614. The van der Waals surface area contributed by atoms with Gasteiger partial charge in [0.2, 0.25) is 5.91 Å². The van der Waals surface area contributed by atoms with Crippen molar-refractivity contribution in [2.75, 3.05) is 45.7 Å². The third kappa shape index (κ3) is 4.89. The van der Waals surface area contributed by atoms with Gasteiger partial charge in [-0.25, -0.2) is 0 Å². The number of nitrogens with one attached hydrogen (secondary N) is 1. The van der Waals surface area contributed by atoms with Gasteiger partial charge in [0.15, 0.2) is 5.96 Å². The van der Waals surface area contributed by atoms with E-state index in [9.17, 15) is 4.79 Å². The predicted octanol–water partition coefficient (Wildman–Crippen LogP) is 0.906. The second-order valence-electron chi connectivity index (χ2n) is 7.29. The molecular weight excluding hydrogens is 354 g/mol. The highest BCUT2D eigenvalue weighted by molar-refractivity contribution is 5.98. The average Bonchev–Trinajstić information content (AvgIpc) is 3.09. The second-order valence-corrected chi connectivity index (χ2v) is 7.29. The van der Waals surface area contributed by atoms with E-state index in [2.05, 4.69) is 58.7 Å². The molecule has 1 aliphatic rings. The van der Waals surface area contributed by atoms with Gasteiger partial charge in [0, 0.05) is 46.5 Å². The molecule has 0 atom stereocenters. The lowest BCUT2D eigenvalue weighted by Gasteiger charge is -2.35. The Morgan fingerprint density at radius 3 is 2.50 bits per heavy atom. The van der Waals surface area contributed by atoms with Crippen LogP contribution in [0.1, 0.15) is 11.1 Å². The van der Waals surface area contributed by atoms with Crippen LogP contribution in [0.25, 0.3) is 0 Å². The highest BCUT2D eigenvalue weighted by Crippen LogP contribution is 2.16. The molecule has 8 heteroatoms. The number of hydrogen-bond donors (Lipinski definition) is 1. The fourth-order valence-electron chi connectivity index (χ4n) is 3.32. The number of aliphatic imine (C=N–C) groups is 1. The van der Waals surface area contributed by atoms with Gasteiger partial charge in [0.05, 0.1) is 11.9 Å². The van der Waals surface area contributed by atoms with Crippen LogP contribution in [0.3, 0.4) is 0 Å². The molecule has 0 aliphatic carbocycles. The zero-order valence-corrected chi connectivity index (χ0v) is 17.1. The maximum absolute atomic E-state index is 12.6. The van der Waals surface area contributed by atoms with Crippen LogP contribution in [0.4, 0.5) is 5.69 Å². The monoisotopic (exact) mass is 383 g/mol. The summed E-state index contributed by atoms with van der Waals surface area (Å²) in [5.41, 5.74) is 3.31. The summed E-state index contributed by atoms with van der Waals surface area (Å²) in [6.45, 7) is 3.24. The molecular formula is C20H29N7O. The van der Waals surface area contributed by atoms with E-state index >= 15 is 0 Å². The van der Waals surface area contributed by atoms with Gasteiger partial charge in [-0.2, -0.15) is 5.10 Å². The Morgan fingerprint density at radius 1 is 1.21 bits per heavy atom. The maximum Gasteiger partial charge on any atom is 0.246 e. The highest BCUT2D eigenvalue weighted by Gasteiger charge is 2.27. The van der Waals surface area contributed by atoms with Crippen molar-refractivity contribution in [1.82, 2.24) is 24.9 Å². The first-order valence-corrected chi connectivity index (χ1v) is 9.43. The molecule has 28 heavy (non-hydrogen) atoms. The van der Waals surface area contributed by atoms with Crippen LogP contribution in [0.2, 0.25) is 0 Å². The van der Waals surface area contributed by atoms with Gasteiger partial charge in [-0.15, -0.1) is 0 Å². The topological polar surface area (TPSA) is 69.0 Å². The number of carbonyl (C=O) groups excluding carboxylic acids is 1. The van der Waals surface area contributed by atoms with Crippen LogP contribution in [-0.4, -0.2) is 72.2 Å². The normalized spacial score (nSPS) is 15.5. The van der Waals surface area contributed by atoms with Gasteiger partial charge in [0.1, 0.15) is 6.54 Å². The molecule has 0 saturated carbocycles. The molecule has 1 aromatic heterocycles. The van der Waals surface area contributed by atoms with E-state index in [-0.39, 0.29) is 5.91 Å². The molecule has 0 bridgehead atoms. The Kier molecular flexibility index (Phi) is 6.30. The van der Waals surface area contributed by atoms with Gasteiger partial charge in [-0.05, 0) is 25.2 Å². The van der Waals surface area contributed by atoms with Crippen molar-refractivity contribution in [2.24, 2.45) is 12.0 Å². The van der Waals surface area contributed by atoms with Crippen molar-refractivity contribution >= 4 is 17.6 Å². The fraction of sp³-hybridized carbons (Fsp3) is 0.450. The minimum absolute atomic E-state index is 0.0511. The molecule has 3 rings (SSSR count). The Hall–Kier alpha value is -2.87. The molecule has 8 nitrogen and oxygen atoms in total. The number of anilines is 1. The standard InChI is InChI=1S/C20H29N7O/c1-21-20(22-11-16-5-7-17(8-6-16)13-24(2)3)26-9-10-27(19(28)15-26)18-12-23-25(4)14-18/h5-8,12,14H,9-11,13,15H2,1-4H3,(H,21,22). The Labute approximate surface area is 166 Å². The van der Waals surface area contributed by atoms with Crippen molar-refractivity contribution in [1.29, 1.82) is 0 Å². The first-order chi connectivity index (χ1) is 13.5. The minimum Gasteiger partial charge on any atom is -0.352 e. The Morgan fingerprint density at radius 2 is 1.93 bits per heavy atom. The zero-order valence-electron chi connectivity index (χ0n) is 17.1. The van der Waals surface area contributed by atoms with Crippen molar-refractivity contribution < 1.29 is 4.79 Å². The summed E-state index contributed by atoms with van der Waals surface area (Å²) in [6, 6.07) is 8.56. The number of hydrogen-bond acceptors (Lipinski definition) is 4. The van der Waals surface area contributed by atoms with Gasteiger partial charge in [-0.1, -0.05) is 24.3 Å².